The first-order valence-corrected chi connectivity index (χ1v) is 5.12. The Morgan fingerprint density at radius 3 is 2.64 bits per heavy atom. The molecule has 0 aromatic heterocycles. The van der Waals surface area contributed by atoms with Gasteiger partial charge in [0.2, 0.25) is 0 Å². The maximum Gasteiger partial charge on any atom is 0.0664 e. The molecule has 0 heterocycles. The Labute approximate surface area is 89.9 Å². The van der Waals surface area contributed by atoms with Crippen molar-refractivity contribution < 1.29 is 5.11 Å². The van der Waals surface area contributed by atoms with Gasteiger partial charge in [-0.3, -0.25) is 0 Å². The second kappa shape index (κ2) is 4.78. The standard InChI is InChI=1S/C11H16ClNO/c1-3-11(8-14,13-2)9-5-4-6-10(12)7-9/h4-7,13-14H,3,8H2,1-2H3. The highest BCUT2D eigenvalue weighted by Crippen LogP contribution is 2.26. The van der Waals surface area contributed by atoms with E-state index in [-0.39, 0.29) is 12.1 Å². The Hall–Kier alpha value is -0.570. The third-order valence-corrected chi connectivity index (χ3v) is 2.96. The molecule has 2 nitrogen and oxygen atoms in total. The Kier molecular flexibility index (Phi) is 3.93. The molecule has 0 aliphatic rings. The maximum absolute atomic E-state index is 9.42. The second-order valence-corrected chi connectivity index (χ2v) is 3.79. The first kappa shape index (κ1) is 11.5. The predicted octanol–water partition coefficient (Wildman–Crippen LogP) is 2.16. The molecule has 2 N–H and O–H groups in total. The predicted molar refractivity (Wildman–Crippen MR) is 59.6 cm³/mol. The first-order valence-electron chi connectivity index (χ1n) is 4.74. The molecule has 0 bridgehead atoms. The smallest absolute Gasteiger partial charge is 0.0664 e. The molecule has 1 atom stereocenters. The average molecular weight is 214 g/mol. The maximum atomic E-state index is 9.42. The zero-order valence-corrected chi connectivity index (χ0v) is 9.30. The molecule has 1 aromatic rings. The topological polar surface area (TPSA) is 32.3 Å². The molecule has 1 rings (SSSR count). The minimum absolute atomic E-state index is 0.0698. The van der Waals surface area contributed by atoms with Gasteiger partial charge >= 0.3 is 0 Å². The number of rotatable bonds is 4. The van der Waals surface area contributed by atoms with Crippen LogP contribution >= 0.6 is 11.6 Å². The minimum Gasteiger partial charge on any atom is -0.394 e. The number of benzene rings is 1. The Morgan fingerprint density at radius 1 is 1.50 bits per heavy atom. The van der Waals surface area contributed by atoms with Crippen LogP contribution in [0.2, 0.25) is 5.02 Å². The molecule has 3 heteroatoms. The first-order chi connectivity index (χ1) is 6.68. The lowest BCUT2D eigenvalue weighted by molar-refractivity contribution is 0.164. The van der Waals surface area contributed by atoms with Gasteiger partial charge in [-0.2, -0.15) is 0 Å². The summed E-state index contributed by atoms with van der Waals surface area (Å²) in [5.74, 6) is 0. The van der Waals surface area contributed by atoms with Crippen LogP contribution in [-0.4, -0.2) is 18.8 Å². The highest BCUT2D eigenvalue weighted by atomic mass is 35.5. The van der Waals surface area contributed by atoms with Crippen LogP contribution in [0.1, 0.15) is 18.9 Å². The zero-order valence-electron chi connectivity index (χ0n) is 8.55. The van der Waals surface area contributed by atoms with Gasteiger partial charge in [0.05, 0.1) is 12.1 Å². The highest BCUT2D eigenvalue weighted by Gasteiger charge is 2.27. The third-order valence-electron chi connectivity index (χ3n) is 2.73. The van der Waals surface area contributed by atoms with Gasteiger partial charge < -0.3 is 10.4 Å². The zero-order chi connectivity index (χ0) is 10.6. The summed E-state index contributed by atoms with van der Waals surface area (Å²) in [6.45, 7) is 2.11. The van der Waals surface area contributed by atoms with E-state index in [0.29, 0.717) is 5.02 Å². The van der Waals surface area contributed by atoms with Gasteiger partial charge in [-0.25, -0.2) is 0 Å². The van der Waals surface area contributed by atoms with Crippen molar-refractivity contribution in [2.24, 2.45) is 0 Å². The molecule has 1 aromatic carbocycles. The van der Waals surface area contributed by atoms with Crippen LogP contribution in [-0.2, 0) is 5.54 Å². The summed E-state index contributed by atoms with van der Waals surface area (Å²) in [6, 6.07) is 7.59. The van der Waals surface area contributed by atoms with Gasteiger partial charge in [0, 0.05) is 5.02 Å². The van der Waals surface area contributed by atoms with Crippen LogP contribution in [0, 0.1) is 0 Å². The molecule has 78 valence electrons. The van der Waals surface area contributed by atoms with Gasteiger partial charge in [-0.1, -0.05) is 30.7 Å². The lowest BCUT2D eigenvalue weighted by Gasteiger charge is -2.31. The summed E-state index contributed by atoms with van der Waals surface area (Å²) in [4.78, 5) is 0. The van der Waals surface area contributed by atoms with Crippen LogP contribution in [0.5, 0.6) is 0 Å². The quantitative estimate of drug-likeness (QED) is 0.804. The molecular weight excluding hydrogens is 198 g/mol. The molecule has 0 saturated heterocycles. The van der Waals surface area contributed by atoms with Crippen LogP contribution in [0.15, 0.2) is 24.3 Å². The van der Waals surface area contributed by atoms with Crippen molar-refractivity contribution in [2.45, 2.75) is 18.9 Å². The summed E-state index contributed by atoms with van der Waals surface area (Å²) >= 11 is 5.91. The molecular formula is C11H16ClNO. The summed E-state index contributed by atoms with van der Waals surface area (Å²) < 4.78 is 0. The molecule has 0 saturated carbocycles. The van der Waals surface area contributed by atoms with Crippen molar-refractivity contribution in [3.05, 3.63) is 34.9 Å². The van der Waals surface area contributed by atoms with Crippen molar-refractivity contribution in [2.75, 3.05) is 13.7 Å². The third kappa shape index (κ3) is 2.08. The largest absolute Gasteiger partial charge is 0.394 e. The summed E-state index contributed by atoms with van der Waals surface area (Å²) in [7, 11) is 1.85. The number of aliphatic hydroxyl groups excluding tert-OH is 1. The SMILES string of the molecule is CCC(CO)(NC)c1cccc(Cl)c1. The van der Waals surface area contributed by atoms with Crippen LogP contribution in [0.3, 0.4) is 0 Å². The van der Waals surface area contributed by atoms with E-state index in [4.69, 9.17) is 11.6 Å². The van der Waals surface area contributed by atoms with Gasteiger partial charge in [-0.15, -0.1) is 0 Å². The fraction of sp³-hybridized carbons (Fsp3) is 0.455. The summed E-state index contributed by atoms with van der Waals surface area (Å²) in [5.41, 5.74) is 0.655. The average Bonchev–Trinajstić information content (AvgIpc) is 2.22. The van der Waals surface area contributed by atoms with E-state index in [1.807, 2.05) is 38.2 Å². The van der Waals surface area contributed by atoms with Crippen molar-refractivity contribution in [3.63, 3.8) is 0 Å². The van der Waals surface area contributed by atoms with E-state index < -0.39 is 0 Å². The molecule has 0 aliphatic heterocycles. The highest BCUT2D eigenvalue weighted by molar-refractivity contribution is 6.30. The number of nitrogens with one attached hydrogen (secondary N) is 1. The lowest BCUT2D eigenvalue weighted by Crippen LogP contribution is -2.42. The second-order valence-electron chi connectivity index (χ2n) is 3.35. The fourth-order valence-electron chi connectivity index (χ4n) is 1.59. The Morgan fingerprint density at radius 2 is 2.21 bits per heavy atom. The monoisotopic (exact) mass is 213 g/mol. The van der Waals surface area contributed by atoms with E-state index in [0.717, 1.165) is 12.0 Å². The summed E-state index contributed by atoms with van der Waals surface area (Å²) in [6.07, 6.45) is 0.820. The number of aliphatic hydroxyl groups is 1. The molecule has 14 heavy (non-hydrogen) atoms. The van der Waals surface area contributed by atoms with Crippen molar-refractivity contribution in [1.82, 2.24) is 5.32 Å². The van der Waals surface area contributed by atoms with Gasteiger partial charge in [0.15, 0.2) is 0 Å². The lowest BCUT2D eigenvalue weighted by atomic mass is 9.88. The van der Waals surface area contributed by atoms with Crippen LogP contribution in [0.4, 0.5) is 0 Å². The van der Waals surface area contributed by atoms with E-state index >= 15 is 0 Å². The molecule has 0 spiro atoms. The van der Waals surface area contributed by atoms with Gasteiger partial charge in [0.25, 0.3) is 0 Å². The van der Waals surface area contributed by atoms with E-state index in [9.17, 15) is 5.11 Å². The number of likely N-dealkylation sites (N-methyl/N-ethyl adjacent to an activating group) is 1. The normalized spacial score (nSPS) is 15.1. The van der Waals surface area contributed by atoms with Gasteiger partial charge in [0.1, 0.15) is 0 Å². The fourth-order valence-corrected chi connectivity index (χ4v) is 1.78. The minimum atomic E-state index is -0.370. The number of hydrogen-bond acceptors (Lipinski definition) is 2. The van der Waals surface area contributed by atoms with Crippen molar-refractivity contribution in [3.8, 4) is 0 Å². The van der Waals surface area contributed by atoms with E-state index in [1.54, 1.807) is 0 Å². The van der Waals surface area contributed by atoms with Gasteiger partial charge in [-0.05, 0) is 31.2 Å². The van der Waals surface area contributed by atoms with Crippen LogP contribution in [0.25, 0.3) is 0 Å². The van der Waals surface area contributed by atoms with Crippen molar-refractivity contribution in [1.29, 1.82) is 0 Å². The number of hydrogen-bond donors (Lipinski definition) is 2. The van der Waals surface area contributed by atoms with E-state index in [2.05, 4.69) is 5.32 Å². The van der Waals surface area contributed by atoms with Crippen LogP contribution < -0.4 is 5.32 Å². The molecule has 0 amide bonds. The Balaban J connectivity index is 3.10. The van der Waals surface area contributed by atoms with E-state index in [1.165, 1.54) is 0 Å². The number of halogens is 1. The molecule has 1 unspecified atom stereocenters. The Bertz CT molecular complexity index is 289. The molecule has 0 aliphatic carbocycles. The van der Waals surface area contributed by atoms with Crippen molar-refractivity contribution >= 4 is 11.6 Å². The molecule has 0 fully saturated rings. The summed E-state index contributed by atoms with van der Waals surface area (Å²) in [5, 5.41) is 13.3. The molecule has 0 radical (unpaired) electrons.